The highest BCUT2D eigenvalue weighted by Gasteiger charge is 2.18. The zero-order valence-electron chi connectivity index (χ0n) is 20.8. The highest BCUT2D eigenvalue weighted by atomic mass is 16.5. The summed E-state index contributed by atoms with van der Waals surface area (Å²) < 4.78 is 33.2. The monoisotopic (exact) mass is 478 g/mol. The van der Waals surface area contributed by atoms with Gasteiger partial charge >= 0.3 is 5.97 Å². The Labute approximate surface area is 205 Å². The van der Waals surface area contributed by atoms with Crippen LogP contribution in [0.2, 0.25) is 0 Å². The minimum Gasteiger partial charge on any atom is -0.493 e. The molecule has 0 aliphatic rings. The van der Waals surface area contributed by atoms with Crippen LogP contribution in [0.1, 0.15) is 34.0 Å². The molecule has 0 unspecified atom stereocenters. The van der Waals surface area contributed by atoms with E-state index in [-0.39, 0.29) is 6.61 Å². The molecule has 0 spiro atoms. The predicted octanol–water partition coefficient (Wildman–Crippen LogP) is 6.17. The van der Waals surface area contributed by atoms with Crippen LogP contribution in [-0.2, 0) is 4.74 Å². The Balaban J connectivity index is 1.97. The van der Waals surface area contributed by atoms with E-state index in [0.717, 1.165) is 16.7 Å². The first-order chi connectivity index (χ1) is 16.9. The molecule has 0 fully saturated rings. The molecule has 184 valence electrons. The van der Waals surface area contributed by atoms with Gasteiger partial charge in [0.05, 0.1) is 35.0 Å². The SMILES string of the molecule is CCOC(=O)c1cccc(C)c1Oc1cc(C=Cc2cc(OC)c(OC)c(OC)c2)ccc1OC. The number of carbonyl (C=O) groups excluding carboxylic acids is 1. The third-order valence-electron chi connectivity index (χ3n) is 5.26. The molecule has 0 aliphatic heterocycles. The van der Waals surface area contributed by atoms with Gasteiger partial charge in [0.2, 0.25) is 5.75 Å². The molecular formula is C28H30O7. The molecule has 0 bridgehead atoms. The van der Waals surface area contributed by atoms with E-state index in [1.165, 1.54) is 0 Å². The number of aryl methyl sites for hydroxylation is 1. The molecule has 0 aliphatic carbocycles. The van der Waals surface area contributed by atoms with Crippen LogP contribution < -0.4 is 23.7 Å². The number of carbonyl (C=O) groups is 1. The molecule has 0 radical (unpaired) electrons. The topological polar surface area (TPSA) is 72.5 Å². The van der Waals surface area contributed by atoms with Crippen molar-refractivity contribution in [2.24, 2.45) is 0 Å². The van der Waals surface area contributed by atoms with Crippen molar-refractivity contribution < 1.29 is 33.2 Å². The van der Waals surface area contributed by atoms with E-state index in [9.17, 15) is 4.79 Å². The summed E-state index contributed by atoms with van der Waals surface area (Å²) in [5.41, 5.74) is 2.88. The number of benzene rings is 3. The van der Waals surface area contributed by atoms with Crippen LogP contribution in [-0.4, -0.2) is 41.0 Å². The average molecular weight is 479 g/mol. The van der Waals surface area contributed by atoms with Crippen LogP contribution in [0.3, 0.4) is 0 Å². The molecule has 0 aromatic heterocycles. The summed E-state index contributed by atoms with van der Waals surface area (Å²) in [6, 6.07) is 14.6. The smallest absolute Gasteiger partial charge is 0.341 e. The largest absolute Gasteiger partial charge is 0.493 e. The summed E-state index contributed by atoms with van der Waals surface area (Å²) in [5.74, 6) is 2.65. The van der Waals surface area contributed by atoms with Crippen molar-refractivity contribution in [1.82, 2.24) is 0 Å². The highest BCUT2D eigenvalue weighted by molar-refractivity contribution is 5.93. The Kier molecular flexibility index (Phi) is 8.62. The maximum absolute atomic E-state index is 12.5. The lowest BCUT2D eigenvalue weighted by atomic mass is 10.1. The van der Waals surface area contributed by atoms with Gasteiger partial charge in [-0.2, -0.15) is 0 Å². The Morgan fingerprint density at radius 2 is 1.37 bits per heavy atom. The molecule has 7 nitrogen and oxygen atoms in total. The molecule has 7 heteroatoms. The maximum atomic E-state index is 12.5. The second kappa shape index (κ2) is 11.8. The Morgan fingerprint density at radius 1 is 0.743 bits per heavy atom. The summed E-state index contributed by atoms with van der Waals surface area (Å²) in [6.45, 7) is 3.91. The van der Waals surface area contributed by atoms with E-state index in [4.69, 9.17) is 28.4 Å². The number of hydrogen-bond acceptors (Lipinski definition) is 7. The first-order valence-corrected chi connectivity index (χ1v) is 11.1. The lowest BCUT2D eigenvalue weighted by molar-refractivity contribution is 0.0523. The highest BCUT2D eigenvalue weighted by Crippen LogP contribution is 2.39. The minimum absolute atomic E-state index is 0.275. The fourth-order valence-corrected chi connectivity index (χ4v) is 3.53. The van der Waals surface area contributed by atoms with Gasteiger partial charge in [0.25, 0.3) is 0 Å². The summed E-state index contributed by atoms with van der Waals surface area (Å²) in [5, 5.41) is 0. The standard InChI is InChI=1S/C28H30O7/c1-7-34-28(29)21-10-8-9-18(2)26(21)35-23-15-19(13-14-22(23)30-3)11-12-20-16-24(31-4)27(33-6)25(17-20)32-5/h8-17H,7H2,1-6H3. The number of rotatable bonds is 10. The van der Waals surface area contributed by atoms with Gasteiger partial charge in [-0.25, -0.2) is 4.79 Å². The number of methoxy groups -OCH3 is 4. The molecular weight excluding hydrogens is 448 g/mol. The quantitative estimate of drug-likeness (QED) is 0.255. The fraction of sp³-hybridized carbons (Fsp3) is 0.250. The van der Waals surface area contributed by atoms with Gasteiger partial charge in [-0.1, -0.05) is 30.4 Å². The zero-order chi connectivity index (χ0) is 25.4. The average Bonchev–Trinajstić information content (AvgIpc) is 2.88. The second-order valence-electron chi connectivity index (χ2n) is 7.48. The van der Waals surface area contributed by atoms with Gasteiger partial charge in [0.1, 0.15) is 11.3 Å². The zero-order valence-corrected chi connectivity index (χ0v) is 20.8. The minimum atomic E-state index is -0.441. The molecule has 0 atom stereocenters. The number of para-hydroxylation sites is 1. The summed E-state index contributed by atoms with van der Waals surface area (Å²) in [7, 11) is 6.29. The summed E-state index contributed by atoms with van der Waals surface area (Å²) >= 11 is 0. The molecule has 0 heterocycles. The van der Waals surface area contributed by atoms with Crippen molar-refractivity contribution in [3.8, 4) is 34.5 Å². The molecule has 3 rings (SSSR count). The van der Waals surface area contributed by atoms with Crippen LogP contribution in [0.15, 0.2) is 48.5 Å². The van der Waals surface area contributed by atoms with Crippen molar-refractivity contribution in [1.29, 1.82) is 0 Å². The van der Waals surface area contributed by atoms with E-state index >= 15 is 0 Å². The van der Waals surface area contributed by atoms with Gasteiger partial charge < -0.3 is 28.4 Å². The van der Waals surface area contributed by atoms with Crippen LogP contribution in [0.25, 0.3) is 12.2 Å². The van der Waals surface area contributed by atoms with Crippen molar-refractivity contribution in [2.75, 3.05) is 35.0 Å². The van der Waals surface area contributed by atoms with Crippen molar-refractivity contribution in [2.45, 2.75) is 13.8 Å². The van der Waals surface area contributed by atoms with Gasteiger partial charge in [-0.15, -0.1) is 0 Å². The van der Waals surface area contributed by atoms with Gasteiger partial charge in [-0.05, 0) is 60.9 Å². The summed E-state index contributed by atoms with van der Waals surface area (Å²) in [6.07, 6.45) is 3.85. The van der Waals surface area contributed by atoms with E-state index in [1.807, 2.05) is 55.5 Å². The fourth-order valence-electron chi connectivity index (χ4n) is 3.53. The Morgan fingerprint density at radius 3 is 1.97 bits per heavy atom. The van der Waals surface area contributed by atoms with Gasteiger partial charge in [-0.3, -0.25) is 0 Å². The van der Waals surface area contributed by atoms with E-state index < -0.39 is 5.97 Å². The summed E-state index contributed by atoms with van der Waals surface area (Å²) in [4.78, 5) is 12.5. The molecule has 0 saturated carbocycles. The normalized spacial score (nSPS) is 10.7. The number of ether oxygens (including phenoxy) is 6. The third-order valence-corrected chi connectivity index (χ3v) is 5.26. The van der Waals surface area contributed by atoms with Gasteiger partial charge in [0.15, 0.2) is 23.0 Å². The van der Waals surface area contributed by atoms with Crippen LogP contribution >= 0.6 is 0 Å². The van der Waals surface area contributed by atoms with Crippen LogP contribution in [0.5, 0.6) is 34.5 Å². The van der Waals surface area contributed by atoms with E-state index in [1.54, 1.807) is 47.5 Å². The van der Waals surface area contributed by atoms with Crippen LogP contribution in [0, 0.1) is 6.92 Å². The van der Waals surface area contributed by atoms with Crippen molar-refractivity contribution in [3.63, 3.8) is 0 Å². The Hall–Kier alpha value is -4.13. The molecule has 0 saturated heterocycles. The van der Waals surface area contributed by atoms with Gasteiger partial charge in [0, 0.05) is 0 Å². The molecule has 0 N–H and O–H groups in total. The molecule has 0 amide bonds. The maximum Gasteiger partial charge on any atom is 0.341 e. The lowest BCUT2D eigenvalue weighted by Crippen LogP contribution is -2.07. The van der Waals surface area contributed by atoms with E-state index in [2.05, 4.69) is 0 Å². The second-order valence-corrected chi connectivity index (χ2v) is 7.48. The predicted molar refractivity (Wildman–Crippen MR) is 135 cm³/mol. The van der Waals surface area contributed by atoms with Crippen molar-refractivity contribution >= 4 is 18.1 Å². The van der Waals surface area contributed by atoms with Crippen molar-refractivity contribution in [3.05, 3.63) is 70.8 Å². The molecule has 3 aromatic rings. The first-order valence-electron chi connectivity index (χ1n) is 11.1. The number of hydrogen-bond donors (Lipinski definition) is 0. The van der Waals surface area contributed by atoms with E-state index in [0.29, 0.717) is 40.1 Å². The first kappa shape index (κ1) is 25.5. The third kappa shape index (κ3) is 5.87. The lowest BCUT2D eigenvalue weighted by Gasteiger charge is -2.16. The molecule has 35 heavy (non-hydrogen) atoms. The molecule has 3 aromatic carbocycles. The number of esters is 1. The van der Waals surface area contributed by atoms with Crippen LogP contribution in [0.4, 0.5) is 0 Å². The Bertz CT molecular complexity index is 1190.